The van der Waals surface area contributed by atoms with Gasteiger partial charge in [-0.1, -0.05) is 11.1 Å². The van der Waals surface area contributed by atoms with Crippen LogP contribution in [-0.4, -0.2) is 23.2 Å². The van der Waals surface area contributed by atoms with Gasteiger partial charge in [0.1, 0.15) is 0 Å². The van der Waals surface area contributed by atoms with Crippen LogP contribution in [0.3, 0.4) is 0 Å². The van der Waals surface area contributed by atoms with Gasteiger partial charge in [-0.15, -0.1) is 0 Å². The maximum atomic E-state index is 4.04. The Labute approximate surface area is 59.9 Å². The van der Waals surface area contributed by atoms with Gasteiger partial charge in [-0.05, 0) is 18.6 Å². The molecule has 2 aliphatic heterocycles. The van der Waals surface area contributed by atoms with Crippen molar-refractivity contribution in [3.8, 4) is 0 Å². The lowest BCUT2D eigenvalue weighted by molar-refractivity contribution is -0.460. The lowest BCUT2D eigenvalue weighted by Crippen LogP contribution is -2.19. The Morgan fingerprint density at radius 1 is 1.60 bits per heavy atom. The maximum absolute atomic E-state index is 4.04. The summed E-state index contributed by atoms with van der Waals surface area (Å²) in [6, 6.07) is 0.378. The van der Waals surface area contributed by atoms with Gasteiger partial charge >= 0.3 is 0 Å². The number of hydrogen-bond donors (Lipinski definition) is 0. The average molecular weight is 133 g/mol. The van der Waals surface area contributed by atoms with Gasteiger partial charge in [-0.2, -0.15) is 0 Å². The Hall–Kier alpha value is -1.18. The second-order valence-electron chi connectivity index (χ2n) is 2.58. The molecule has 0 aromatic carbocycles. The molecule has 2 rings (SSSR count). The zero-order chi connectivity index (χ0) is 6.97. The summed E-state index contributed by atoms with van der Waals surface area (Å²) in [7, 11) is 0. The third-order valence-corrected chi connectivity index (χ3v) is 1.69. The summed E-state index contributed by atoms with van der Waals surface area (Å²) in [4.78, 5) is 4.04. The third-order valence-electron chi connectivity index (χ3n) is 1.69. The van der Waals surface area contributed by atoms with Gasteiger partial charge in [0.2, 0.25) is 0 Å². The quantitative estimate of drug-likeness (QED) is 0.437. The van der Waals surface area contributed by atoms with Crippen molar-refractivity contribution in [3.63, 3.8) is 0 Å². The first-order valence-electron chi connectivity index (χ1n) is 3.37. The molecule has 0 aromatic heterocycles. The van der Waals surface area contributed by atoms with E-state index in [0.717, 1.165) is 0 Å². The number of nitrogens with zero attached hydrogens (tertiary/aromatic N) is 2. The summed E-state index contributed by atoms with van der Waals surface area (Å²) >= 11 is 0. The summed E-state index contributed by atoms with van der Waals surface area (Å²) < 4.78 is 2.09. The van der Waals surface area contributed by atoms with Gasteiger partial charge in [0, 0.05) is 0 Å². The summed E-state index contributed by atoms with van der Waals surface area (Å²) in [6.45, 7) is 2.08. The van der Waals surface area contributed by atoms with Crippen molar-refractivity contribution in [2.24, 2.45) is 4.99 Å². The highest BCUT2D eigenvalue weighted by atomic mass is 15.1. The molecule has 2 heterocycles. The number of allylic oxidation sites excluding steroid dienone is 2. The molecule has 0 spiro atoms. The van der Waals surface area contributed by atoms with E-state index < -0.39 is 0 Å². The number of rotatable bonds is 0. The molecule has 2 heteroatoms. The Morgan fingerprint density at radius 3 is 3.40 bits per heavy atom. The van der Waals surface area contributed by atoms with Crippen LogP contribution in [0, 0.1) is 0 Å². The predicted molar refractivity (Wildman–Crippen MR) is 41.5 cm³/mol. The third kappa shape index (κ3) is 0.727. The van der Waals surface area contributed by atoms with Gasteiger partial charge in [0.25, 0.3) is 6.34 Å². The minimum absolute atomic E-state index is 0.378. The fraction of sp³-hybridized carbons (Fsp3) is 0.250. The van der Waals surface area contributed by atoms with Crippen LogP contribution >= 0.6 is 0 Å². The molecule has 2 aliphatic rings. The zero-order valence-electron chi connectivity index (χ0n) is 5.86. The molecule has 0 fully saturated rings. The van der Waals surface area contributed by atoms with Gasteiger partial charge < -0.3 is 0 Å². The van der Waals surface area contributed by atoms with E-state index in [1.54, 1.807) is 0 Å². The monoisotopic (exact) mass is 133 g/mol. The molecule has 0 saturated heterocycles. The van der Waals surface area contributed by atoms with Crippen molar-refractivity contribution < 1.29 is 4.58 Å². The lowest BCUT2D eigenvalue weighted by Gasteiger charge is -2.06. The second-order valence-corrected chi connectivity index (χ2v) is 2.58. The van der Waals surface area contributed by atoms with Gasteiger partial charge in [0.05, 0.1) is 6.20 Å². The number of fused-ring (bicyclic) bond motifs is 1. The zero-order valence-corrected chi connectivity index (χ0v) is 5.86. The van der Waals surface area contributed by atoms with E-state index in [2.05, 4.69) is 34.8 Å². The normalized spacial score (nSPS) is 27.9. The van der Waals surface area contributed by atoms with E-state index in [1.165, 1.54) is 5.57 Å². The van der Waals surface area contributed by atoms with Gasteiger partial charge in [0.15, 0.2) is 12.3 Å². The van der Waals surface area contributed by atoms with Crippen LogP contribution < -0.4 is 0 Å². The summed E-state index contributed by atoms with van der Waals surface area (Å²) in [5, 5.41) is 0. The highest BCUT2D eigenvalue weighted by Gasteiger charge is 2.19. The fourth-order valence-corrected chi connectivity index (χ4v) is 1.15. The standard InChI is InChI=1S/C8H9N2/c1-7-2-3-8-4-9-6-10(8)5-7/h2-6,8H,1H3/q+1. The molecular formula is C8H9N2+. The second kappa shape index (κ2) is 1.90. The molecule has 0 amide bonds. The largest absolute Gasteiger partial charge is 0.286 e. The molecule has 0 N–H and O–H groups in total. The minimum atomic E-state index is 0.378. The first kappa shape index (κ1) is 5.59. The Kier molecular flexibility index (Phi) is 1.07. The van der Waals surface area contributed by atoms with Crippen LogP contribution in [0.5, 0.6) is 0 Å². The predicted octanol–water partition coefficient (Wildman–Crippen LogP) is 0.954. The highest BCUT2D eigenvalue weighted by Crippen LogP contribution is 2.08. The highest BCUT2D eigenvalue weighted by molar-refractivity contribution is 5.79. The minimum Gasteiger partial charge on any atom is -0.223 e. The molecule has 1 atom stereocenters. The van der Waals surface area contributed by atoms with Gasteiger partial charge in [-0.3, -0.25) is 0 Å². The van der Waals surface area contributed by atoms with Crippen LogP contribution in [0.2, 0.25) is 0 Å². The first-order valence-corrected chi connectivity index (χ1v) is 3.37. The Morgan fingerprint density at radius 2 is 2.50 bits per heavy atom. The topological polar surface area (TPSA) is 15.4 Å². The van der Waals surface area contributed by atoms with Crippen molar-refractivity contribution in [1.82, 2.24) is 0 Å². The van der Waals surface area contributed by atoms with Crippen molar-refractivity contribution in [2.45, 2.75) is 13.0 Å². The molecule has 1 unspecified atom stereocenters. The molecule has 10 heavy (non-hydrogen) atoms. The van der Waals surface area contributed by atoms with Gasteiger partial charge in [-0.25, -0.2) is 4.58 Å². The summed E-state index contributed by atoms with van der Waals surface area (Å²) in [6.07, 6.45) is 10.1. The summed E-state index contributed by atoms with van der Waals surface area (Å²) in [5.74, 6) is 0. The molecule has 2 nitrogen and oxygen atoms in total. The number of aliphatic imine (C=N–C) groups is 1. The molecular weight excluding hydrogens is 124 g/mol. The van der Waals surface area contributed by atoms with Crippen LogP contribution in [0.15, 0.2) is 28.9 Å². The maximum Gasteiger partial charge on any atom is 0.286 e. The van der Waals surface area contributed by atoms with Crippen LogP contribution in [-0.2, 0) is 0 Å². The smallest absolute Gasteiger partial charge is 0.223 e. The van der Waals surface area contributed by atoms with E-state index in [0.29, 0.717) is 6.04 Å². The fourth-order valence-electron chi connectivity index (χ4n) is 1.15. The molecule has 0 radical (unpaired) electrons. The average Bonchev–Trinajstić information content (AvgIpc) is 2.33. The molecule has 50 valence electrons. The Bertz CT molecular complexity index is 269. The van der Waals surface area contributed by atoms with Crippen LogP contribution in [0.4, 0.5) is 0 Å². The molecule has 0 bridgehead atoms. The van der Waals surface area contributed by atoms with E-state index in [-0.39, 0.29) is 0 Å². The SMILES string of the molecule is CC1=C[N+]2=CN=CC2C=C1. The first-order chi connectivity index (χ1) is 4.86. The van der Waals surface area contributed by atoms with Crippen molar-refractivity contribution in [2.75, 3.05) is 0 Å². The lowest BCUT2D eigenvalue weighted by atomic mass is 10.2. The van der Waals surface area contributed by atoms with Crippen molar-refractivity contribution in [1.29, 1.82) is 0 Å². The van der Waals surface area contributed by atoms with Crippen molar-refractivity contribution >= 4 is 12.6 Å². The van der Waals surface area contributed by atoms with E-state index >= 15 is 0 Å². The molecule has 0 aliphatic carbocycles. The van der Waals surface area contributed by atoms with Crippen LogP contribution in [0.25, 0.3) is 0 Å². The Balaban J connectivity index is 2.39. The van der Waals surface area contributed by atoms with E-state index in [4.69, 9.17) is 0 Å². The number of hydrogen-bond acceptors (Lipinski definition) is 1. The molecule has 0 saturated carbocycles. The van der Waals surface area contributed by atoms with E-state index in [1.807, 2.05) is 12.6 Å². The van der Waals surface area contributed by atoms with Crippen LogP contribution in [0.1, 0.15) is 6.92 Å². The van der Waals surface area contributed by atoms with Crippen molar-refractivity contribution in [3.05, 3.63) is 23.9 Å². The molecule has 0 aromatic rings. The summed E-state index contributed by atoms with van der Waals surface area (Å²) in [5.41, 5.74) is 1.28. The van der Waals surface area contributed by atoms with E-state index in [9.17, 15) is 0 Å².